The van der Waals surface area contributed by atoms with E-state index in [-0.39, 0.29) is 49.0 Å². The quantitative estimate of drug-likeness (QED) is 0.514. The van der Waals surface area contributed by atoms with E-state index in [1.54, 1.807) is 18.2 Å². The average molecular weight is 517 g/mol. The molecule has 2 aliphatic rings. The van der Waals surface area contributed by atoms with Crippen LogP contribution in [0.15, 0.2) is 54.6 Å². The molecule has 0 spiro atoms. The van der Waals surface area contributed by atoms with Crippen LogP contribution in [-0.4, -0.2) is 46.5 Å². The third-order valence-corrected chi connectivity index (χ3v) is 7.36. The SMILES string of the molecule is CC1CC(COc2ccc3cc(OCc4ccccc4)c(N4CC(=O)NS4(=O)=O)c(F)c3c2)OCO1. The van der Waals surface area contributed by atoms with Crippen molar-refractivity contribution in [2.45, 2.75) is 32.2 Å². The molecule has 0 saturated carbocycles. The molecule has 2 saturated heterocycles. The minimum absolute atomic E-state index is 0.00203. The predicted molar refractivity (Wildman–Crippen MR) is 129 cm³/mol. The Labute approximate surface area is 207 Å². The maximum atomic E-state index is 16.0. The van der Waals surface area contributed by atoms with Gasteiger partial charge in [0, 0.05) is 11.8 Å². The van der Waals surface area contributed by atoms with Crippen LogP contribution in [0.4, 0.5) is 10.1 Å². The number of anilines is 1. The van der Waals surface area contributed by atoms with Crippen molar-refractivity contribution in [2.75, 3.05) is 24.2 Å². The van der Waals surface area contributed by atoms with Gasteiger partial charge < -0.3 is 18.9 Å². The molecule has 0 radical (unpaired) electrons. The van der Waals surface area contributed by atoms with Gasteiger partial charge in [0.15, 0.2) is 5.82 Å². The van der Waals surface area contributed by atoms with E-state index in [9.17, 15) is 13.2 Å². The molecule has 0 bridgehead atoms. The first kappa shape index (κ1) is 24.3. The summed E-state index contributed by atoms with van der Waals surface area (Å²) in [6.07, 6.45) is 0.560. The van der Waals surface area contributed by atoms with Gasteiger partial charge in [-0.3, -0.25) is 4.79 Å². The zero-order valence-electron chi connectivity index (χ0n) is 19.5. The molecule has 2 atom stereocenters. The Kier molecular flexibility index (Phi) is 6.69. The molecule has 2 aliphatic heterocycles. The van der Waals surface area contributed by atoms with Crippen molar-refractivity contribution in [3.63, 3.8) is 0 Å². The molecule has 1 N–H and O–H groups in total. The normalized spacial score (nSPS) is 21.4. The van der Waals surface area contributed by atoms with Crippen LogP contribution in [0.3, 0.4) is 0 Å². The third-order valence-electron chi connectivity index (χ3n) is 5.98. The fourth-order valence-corrected chi connectivity index (χ4v) is 5.33. The Hall–Kier alpha value is -3.41. The number of carbonyl (C=O) groups excluding carboxylic acids is 1. The smallest absolute Gasteiger partial charge is 0.326 e. The van der Waals surface area contributed by atoms with Gasteiger partial charge in [-0.25, -0.2) is 13.4 Å². The van der Waals surface area contributed by atoms with Crippen LogP contribution in [0, 0.1) is 5.82 Å². The number of ether oxygens (including phenoxy) is 4. The molecule has 2 fully saturated rings. The number of hydrogen-bond donors (Lipinski definition) is 1. The summed E-state index contributed by atoms with van der Waals surface area (Å²) in [4.78, 5) is 11.9. The first-order valence-corrected chi connectivity index (χ1v) is 12.9. The first-order chi connectivity index (χ1) is 17.3. The zero-order chi connectivity index (χ0) is 25.3. The molecule has 0 aliphatic carbocycles. The Morgan fingerprint density at radius 2 is 1.92 bits per heavy atom. The van der Waals surface area contributed by atoms with E-state index in [1.165, 1.54) is 6.07 Å². The Bertz CT molecular complexity index is 1380. The van der Waals surface area contributed by atoms with E-state index < -0.39 is 28.5 Å². The topological polar surface area (TPSA) is 103 Å². The number of nitrogens with zero attached hydrogens (tertiary/aromatic N) is 1. The highest BCUT2D eigenvalue weighted by molar-refractivity contribution is 7.92. The molecule has 36 heavy (non-hydrogen) atoms. The minimum Gasteiger partial charge on any atom is -0.491 e. The van der Waals surface area contributed by atoms with Crippen molar-refractivity contribution in [3.05, 3.63) is 66.0 Å². The highest BCUT2D eigenvalue weighted by atomic mass is 32.2. The summed E-state index contributed by atoms with van der Waals surface area (Å²) in [7, 11) is -4.27. The van der Waals surface area contributed by atoms with Gasteiger partial charge in [-0.15, -0.1) is 0 Å². The summed E-state index contributed by atoms with van der Waals surface area (Å²) >= 11 is 0. The van der Waals surface area contributed by atoms with Crippen LogP contribution in [0.1, 0.15) is 18.9 Å². The van der Waals surface area contributed by atoms with E-state index in [0.29, 0.717) is 21.9 Å². The highest BCUT2D eigenvalue weighted by Gasteiger charge is 2.38. The summed E-state index contributed by atoms with van der Waals surface area (Å²) in [6.45, 7) is 1.92. The lowest BCUT2D eigenvalue weighted by Gasteiger charge is -2.27. The second-order valence-electron chi connectivity index (χ2n) is 8.66. The molecule has 190 valence electrons. The average Bonchev–Trinajstić information content (AvgIpc) is 3.13. The predicted octanol–water partition coefficient (Wildman–Crippen LogP) is 3.27. The molecule has 2 unspecified atom stereocenters. The number of fused-ring (bicyclic) bond motifs is 1. The summed E-state index contributed by atoms with van der Waals surface area (Å²) in [5.41, 5.74) is 0.478. The van der Waals surface area contributed by atoms with Gasteiger partial charge in [-0.2, -0.15) is 8.42 Å². The van der Waals surface area contributed by atoms with Crippen molar-refractivity contribution < 1.29 is 36.6 Å². The second kappa shape index (κ2) is 9.92. The first-order valence-electron chi connectivity index (χ1n) is 11.4. The maximum Gasteiger partial charge on any atom is 0.326 e. The summed E-state index contributed by atoms with van der Waals surface area (Å²) in [5.74, 6) is -1.20. The molecule has 3 aromatic rings. The number of hydrogen-bond acceptors (Lipinski definition) is 7. The van der Waals surface area contributed by atoms with Crippen LogP contribution in [0.5, 0.6) is 11.5 Å². The maximum absolute atomic E-state index is 16.0. The van der Waals surface area contributed by atoms with Gasteiger partial charge >= 0.3 is 10.2 Å². The molecule has 11 heteroatoms. The molecule has 1 amide bonds. The molecule has 3 aromatic carbocycles. The zero-order valence-corrected chi connectivity index (χ0v) is 20.3. The van der Waals surface area contributed by atoms with Gasteiger partial charge in [-0.05, 0) is 36.1 Å². The number of benzene rings is 3. The van der Waals surface area contributed by atoms with Gasteiger partial charge in [-0.1, -0.05) is 36.4 Å². The lowest BCUT2D eigenvalue weighted by Crippen LogP contribution is -2.33. The van der Waals surface area contributed by atoms with E-state index in [1.807, 2.05) is 42.0 Å². The number of amides is 1. The van der Waals surface area contributed by atoms with Crippen LogP contribution < -0.4 is 18.5 Å². The molecule has 9 nitrogen and oxygen atoms in total. The van der Waals surface area contributed by atoms with Gasteiger partial charge in [0.2, 0.25) is 0 Å². The fraction of sp³-hybridized carbons (Fsp3) is 0.320. The van der Waals surface area contributed by atoms with Crippen molar-refractivity contribution >= 4 is 32.6 Å². The lowest BCUT2D eigenvalue weighted by atomic mass is 10.1. The van der Waals surface area contributed by atoms with Crippen LogP contribution >= 0.6 is 0 Å². The van der Waals surface area contributed by atoms with Crippen molar-refractivity contribution in [1.29, 1.82) is 0 Å². The van der Waals surface area contributed by atoms with Gasteiger partial charge in [0.25, 0.3) is 5.91 Å². The van der Waals surface area contributed by atoms with E-state index >= 15 is 4.39 Å². The Morgan fingerprint density at radius 1 is 1.11 bits per heavy atom. The van der Waals surface area contributed by atoms with Crippen molar-refractivity contribution in [3.8, 4) is 11.5 Å². The van der Waals surface area contributed by atoms with Gasteiger partial charge in [0.05, 0.1) is 12.2 Å². The fourth-order valence-electron chi connectivity index (χ4n) is 4.17. The monoisotopic (exact) mass is 516 g/mol. The number of halogens is 1. The minimum atomic E-state index is -4.27. The van der Waals surface area contributed by atoms with Crippen LogP contribution in [0.25, 0.3) is 10.8 Å². The number of carbonyl (C=O) groups is 1. The Balaban J connectivity index is 1.49. The molecule has 2 heterocycles. The van der Waals surface area contributed by atoms with E-state index in [4.69, 9.17) is 18.9 Å². The lowest BCUT2D eigenvalue weighted by molar-refractivity contribution is -0.176. The summed E-state index contributed by atoms with van der Waals surface area (Å²) in [5, 5.41) is 0.615. The second-order valence-corrected chi connectivity index (χ2v) is 10.3. The Morgan fingerprint density at radius 3 is 2.64 bits per heavy atom. The molecule has 0 aromatic heterocycles. The van der Waals surface area contributed by atoms with Crippen molar-refractivity contribution in [1.82, 2.24) is 4.72 Å². The standard InChI is InChI=1S/C25H25FN2O7S/c1-16-9-20(35-15-34-16)14-32-19-8-7-18-10-22(33-13-17-5-3-2-4-6-17)25(24(26)21(18)11-19)28-12-23(29)27-36(28,30)31/h2-8,10-11,16,20H,9,12-15H2,1H3,(H,27,29). The number of rotatable bonds is 7. The van der Waals surface area contributed by atoms with E-state index in [2.05, 4.69) is 0 Å². The summed E-state index contributed by atoms with van der Waals surface area (Å²) < 4.78 is 66.3. The third kappa shape index (κ3) is 5.08. The van der Waals surface area contributed by atoms with Crippen LogP contribution in [0.2, 0.25) is 0 Å². The molecule has 5 rings (SSSR count). The highest BCUT2D eigenvalue weighted by Crippen LogP contribution is 2.40. The van der Waals surface area contributed by atoms with Crippen molar-refractivity contribution in [2.24, 2.45) is 0 Å². The van der Waals surface area contributed by atoms with E-state index in [0.717, 1.165) is 5.56 Å². The van der Waals surface area contributed by atoms with Gasteiger partial charge in [0.1, 0.15) is 43.7 Å². The summed E-state index contributed by atoms with van der Waals surface area (Å²) in [6, 6.07) is 15.6. The molecular formula is C25H25FN2O7S. The molecular weight excluding hydrogens is 491 g/mol. The number of nitrogens with one attached hydrogen (secondary N) is 1. The van der Waals surface area contributed by atoms with Crippen LogP contribution in [-0.2, 0) is 31.1 Å². The largest absolute Gasteiger partial charge is 0.491 e.